The summed E-state index contributed by atoms with van der Waals surface area (Å²) >= 11 is 0. The van der Waals surface area contributed by atoms with Gasteiger partial charge in [0.1, 0.15) is 12.5 Å². The molecule has 0 aromatic heterocycles. The first-order chi connectivity index (χ1) is 15.4. The SMILES string of the molecule is Cc1cc(F)ccc1N1CN(c2cccc(S(C)(=O)=O)c2)C(=O)c2ccc(C(F)(F)F)cc21. The number of halogens is 4. The minimum Gasteiger partial charge on any atom is -0.322 e. The second-order valence-electron chi connectivity index (χ2n) is 7.73. The highest BCUT2D eigenvalue weighted by atomic mass is 32.2. The molecule has 3 aromatic rings. The zero-order valence-corrected chi connectivity index (χ0v) is 18.3. The third kappa shape index (κ3) is 4.30. The quantitative estimate of drug-likeness (QED) is 0.479. The number of fused-ring (bicyclic) bond motifs is 1. The van der Waals surface area contributed by atoms with E-state index in [2.05, 4.69) is 0 Å². The Hall–Kier alpha value is -3.40. The van der Waals surface area contributed by atoms with Crippen molar-refractivity contribution in [2.45, 2.75) is 18.0 Å². The maximum absolute atomic E-state index is 13.7. The van der Waals surface area contributed by atoms with Crippen molar-refractivity contribution in [1.29, 1.82) is 0 Å². The number of aryl methyl sites for hydroxylation is 1. The van der Waals surface area contributed by atoms with Gasteiger partial charge in [-0.3, -0.25) is 9.69 Å². The van der Waals surface area contributed by atoms with Crippen LogP contribution in [0.2, 0.25) is 0 Å². The van der Waals surface area contributed by atoms with Gasteiger partial charge in [0, 0.05) is 17.6 Å². The number of rotatable bonds is 3. The van der Waals surface area contributed by atoms with Crippen LogP contribution in [0.5, 0.6) is 0 Å². The van der Waals surface area contributed by atoms with E-state index in [9.17, 15) is 30.8 Å². The minimum atomic E-state index is -4.62. The molecular formula is C23H18F4N2O3S. The van der Waals surface area contributed by atoms with Gasteiger partial charge < -0.3 is 4.90 Å². The number of alkyl halides is 3. The molecule has 0 saturated carbocycles. The van der Waals surface area contributed by atoms with E-state index < -0.39 is 33.3 Å². The molecule has 1 heterocycles. The molecule has 0 aliphatic carbocycles. The van der Waals surface area contributed by atoms with Gasteiger partial charge in [-0.15, -0.1) is 0 Å². The van der Waals surface area contributed by atoms with Crippen LogP contribution >= 0.6 is 0 Å². The summed E-state index contributed by atoms with van der Waals surface area (Å²) in [7, 11) is -3.56. The van der Waals surface area contributed by atoms with Crippen molar-refractivity contribution in [2.24, 2.45) is 0 Å². The molecule has 0 spiro atoms. The molecule has 0 saturated heterocycles. The molecule has 172 valence electrons. The Labute approximate surface area is 187 Å². The van der Waals surface area contributed by atoms with Crippen molar-refractivity contribution in [2.75, 3.05) is 22.7 Å². The van der Waals surface area contributed by atoms with Gasteiger partial charge in [-0.05, 0) is 67.1 Å². The molecule has 0 radical (unpaired) electrons. The fraction of sp³-hybridized carbons (Fsp3) is 0.174. The molecule has 5 nitrogen and oxygen atoms in total. The second kappa shape index (κ2) is 7.87. The van der Waals surface area contributed by atoms with E-state index in [4.69, 9.17) is 0 Å². The van der Waals surface area contributed by atoms with E-state index in [0.29, 0.717) is 11.3 Å². The van der Waals surface area contributed by atoms with E-state index in [0.717, 1.165) is 24.5 Å². The van der Waals surface area contributed by atoms with Gasteiger partial charge in [0.15, 0.2) is 9.84 Å². The summed E-state index contributed by atoms with van der Waals surface area (Å²) in [6.07, 6.45) is -3.59. The van der Waals surface area contributed by atoms with Crippen molar-refractivity contribution in [3.05, 3.63) is 83.2 Å². The number of amides is 1. The van der Waals surface area contributed by atoms with Crippen LogP contribution in [-0.2, 0) is 16.0 Å². The van der Waals surface area contributed by atoms with Crippen LogP contribution in [0, 0.1) is 12.7 Å². The summed E-state index contributed by atoms with van der Waals surface area (Å²) in [5.41, 5.74) is 0.235. The third-order valence-corrected chi connectivity index (χ3v) is 6.49. The summed E-state index contributed by atoms with van der Waals surface area (Å²) in [4.78, 5) is 16.0. The maximum atomic E-state index is 13.7. The van der Waals surface area contributed by atoms with E-state index >= 15 is 0 Å². The van der Waals surface area contributed by atoms with Crippen LogP contribution in [0.15, 0.2) is 65.6 Å². The number of carbonyl (C=O) groups is 1. The van der Waals surface area contributed by atoms with Crippen molar-refractivity contribution in [1.82, 2.24) is 0 Å². The minimum absolute atomic E-state index is 0.00253. The molecule has 0 atom stereocenters. The average molecular weight is 478 g/mol. The number of sulfone groups is 1. The predicted molar refractivity (Wildman–Crippen MR) is 116 cm³/mol. The van der Waals surface area contributed by atoms with Gasteiger partial charge in [-0.1, -0.05) is 6.07 Å². The maximum Gasteiger partial charge on any atom is 0.416 e. The second-order valence-corrected chi connectivity index (χ2v) is 9.75. The molecular weight excluding hydrogens is 460 g/mol. The molecule has 0 N–H and O–H groups in total. The first-order valence-electron chi connectivity index (χ1n) is 9.73. The number of hydrogen-bond acceptors (Lipinski definition) is 4. The molecule has 1 aliphatic rings. The van der Waals surface area contributed by atoms with Gasteiger partial charge >= 0.3 is 6.18 Å². The Morgan fingerprint density at radius 2 is 1.64 bits per heavy atom. The highest BCUT2D eigenvalue weighted by Gasteiger charge is 2.36. The Kier molecular flexibility index (Phi) is 5.44. The summed E-state index contributed by atoms with van der Waals surface area (Å²) in [6, 6.07) is 12.4. The van der Waals surface area contributed by atoms with Gasteiger partial charge in [-0.2, -0.15) is 13.2 Å². The zero-order valence-electron chi connectivity index (χ0n) is 17.5. The van der Waals surface area contributed by atoms with Crippen LogP contribution in [0.3, 0.4) is 0 Å². The molecule has 10 heteroatoms. The highest BCUT2D eigenvalue weighted by molar-refractivity contribution is 7.90. The highest BCUT2D eigenvalue weighted by Crippen LogP contribution is 2.41. The molecule has 4 rings (SSSR count). The molecule has 33 heavy (non-hydrogen) atoms. The van der Waals surface area contributed by atoms with Gasteiger partial charge in [-0.25, -0.2) is 12.8 Å². The predicted octanol–water partition coefficient (Wildman–Crippen LogP) is 5.31. The Balaban J connectivity index is 1.91. The summed E-state index contributed by atoms with van der Waals surface area (Å²) in [6.45, 7) is 1.41. The Bertz CT molecular complexity index is 1370. The fourth-order valence-corrected chi connectivity index (χ4v) is 4.41. The van der Waals surface area contributed by atoms with E-state index in [-0.39, 0.29) is 28.5 Å². The number of hydrogen-bond donors (Lipinski definition) is 0. The Morgan fingerprint density at radius 1 is 0.909 bits per heavy atom. The van der Waals surface area contributed by atoms with Crippen LogP contribution in [0.25, 0.3) is 0 Å². The van der Waals surface area contributed by atoms with Gasteiger partial charge in [0.25, 0.3) is 5.91 Å². The van der Waals surface area contributed by atoms with Crippen molar-refractivity contribution >= 4 is 32.8 Å². The molecule has 1 amide bonds. The molecule has 0 fully saturated rings. The first-order valence-corrected chi connectivity index (χ1v) is 11.6. The van der Waals surface area contributed by atoms with E-state index in [1.807, 2.05) is 0 Å². The van der Waals surface area contributed by atoms with E-state index in [1.165, 1.54) is 52.3 Å². The van der Waals surface area contributed by atoms with Crippen molar-refractivity contribution < 1.29 is 30.8 Å². The number of nitrogens with zero attached hydrogens (tertiary/aromatic N) is 2. The lowest BCUT2D eigenvalue weighted by atomic mass is 10.0. The topological polar surface area (TPSA) is 57.7 Å². The largest absolute Gasteiger partial charge is 0.416 e. The lowest BCUT2D eigenvalue weighted by Gasteiger charge is -2.39. The van der Waals surface area contributed by atoms with Crippen LogP contribution in [-0.4, -0.2) is 27.2 Å². The first kappa shape index (κ1) is 22.8. The molecule has 0 bridgehead atoms. The van der Waals surface area contributed by atoms with Crippen molar-refractivity contribution in [3.8, 4) is 0 Å². The van der Waals surface area contributed by atoms with Gasteiger partial charge in [0.2, 0.25) is 0 Å². The number of benzene rings is 3. The summed E-state index contributed by atoms with van der Waals surface area (Å²) in [5, 5.41) is 0. The molecule has 3 aromatic carbocycles. The van der Waals surface area contributed by atoms with Crippen LogP contribution < -0.4 is 9.80 Å². The molecule has 0 unspecified atom stereocenters. The third-order valence-electron chi connectivity index (χ3n) is 5.38. The lowest BCUT2D eigenvalue weighted by Crippen LogP contribution is -2.45. The number of carbonyl (C=O) groups excluding carboxylic acids is 1. The normalized spacial score (nSPS) is 14.4. The Morgan fingerprint density at radius 3 is 2.27 bits per heavy atom. The standard InChI is InChI=1S/C23H18F4N2O3S/c1-14-10-16(24)7-9-20(14)29-13-28(17-4-3-5-18(12-17)33(2,31)32)22(30)19-8-6-15(11-21(19)29)23(25,26)27/h3-12H,13H2,1-2H3. The van der Waals surface area contributed by atoms with E-state index in [1.54, 1.807) is 6.92 Å². The monoisotopic (exact) mass is 478 g/mol. The smallest absolute Gasteiger partial charge is 0.322 e. The number of anilines is 3. The van der Waals surface area contributed by atoms with Gasteiger partial charge in [0.05, 0.1) is 21.7 Å². The zero-order chi connectivity index (χ0) is 24.1. The average Bonchev–Trinajstić information content (AvgIpc) is 2.73. The lowest BCUT2D eigenvalue weighted by molar-refractivity contribution is -0.137. The van der Waals surface area contributed by atoms with Crippen LogP contribution in [0.1, 0.15) is 21.5 Å². The van der Waals surface area contributed by atoms with Crippen molar-refractivity contribution in [3.63, 3.8) is 0 Å². The van der Waals surface area contributed by atoms with Crippen LogP contribution in [0.4, 0.5) is 34.6 Å². The molecule has 1 aliphatic heterocycles. The summed E-state index contributed by atoms with van der Waals surface area (Å²) in [5.74, 6) is -1.09. The fourth-order valence-electron chi connectivity index (χ4n) is 3.75. The summed E-state index contributed by atoms with van der Waals surface area (Å²) < 4.78 is 77.9.